The van der Waals surface area contributed by atoms with Crippen molar-refractivity contribution in [3.05, 3.63) is 88.4 Å². The quantitative estimate of drug-likeness (QED) is 0.281. The number of para-hydroxylation sites is 2. The van der Waals surface area contributed by atoms with Gasteiger partial charge in [-0.3, -0.25) is 0 Å². The van der Waals surface area contributed by atoms with Crippen LogP contribution in [0.3, 0.4) is 0 Å². The lowest BCUT2D eigenvalue weighted by Gasteiger charge is -2.23. The lowest BCUT2D eigenvalue weighted by atomic mass is 10.1. The topological polar surface area (TPSA) is 74.5 Å². The molecule has 0 saturated carbocycles. The lowest BCUT2D eigenvalue weighted by molar-refractivity contribution is 0.0655. The molecule has 0 spiro atoms. The van der Waals surface area contributed by atoms with Crippen LogP contribution in [0, 0.1) is 0 Å². The summed E-state index contributed by atoms with van der Waals surface area (Å²) in [6.45, 7) is 6.33. The van der Waals surface area contributed by atoms with Gasteiger partial charge in [0.05, 0.1) is 30.5 Å². The minimum atomic E-state index is -0.941. The number of guanidine groups is 1. The minimum absolute atomic E-state index is 0.386. The van der Waals surface area contributed by atoms with Crippen LogP contribution in [0.5, 0.6) is 0 Å². The van der Waals surface area contributed by atoms with Gasteiger partial charge >= 0.3 is 0 Å². The molecular weight excluding hydrogens is 418 g/mol. The zero-order valence-electron chi connectivity index (χ0n) is 18.5. The predicted molar refractivity (Wildman–Crippen MR) is 132 cm³/mol. The maximum absolute atomic E-state index is 10.7. The fraction of sp³-hybridized carbons (Fsp3) is 0.280. The van der Waals surface area contributed by atoms with Crippen LogP contribution in [-0.4, -0.2) is 33.7 Å². The van der Waals surface area contributed by atoms with Gasteiger partial charge < -0.3 is 20.3 Å². The van der Waals surface area contributed by atoms with Crippen molar-refractivity contribution in [1.29, 1.82) is 0 Å². The monoisotopic (exact) mass is 447 g/mol. The van der Waals surface area contributed by atoms with Crippen molar-refractivity contribution in [3.8, 4) is 0 Å². The van der Waals surface area contributed by atoms with Gasteiger partial charge in [-0.05, 0) is 48.6 Å². The lowest BCUT2D eigenvalue weighted by Crippen LogP contribution is -2.44. The van der Waals surface area contributed by atoms with Gasteiger partial charge in [0.2, 0.25) is 0 Å². The Kier molecular flexibility index (Phi) is 6.87. The summed E-state index contributed by atoms with van der Waals surface area (Å²) in [4.78, 5) is 10.1. The fourth-order valence-electron chi connectivity index (χ4n) is 3.52. The molecule has 4 rings (SSSR count). The number of benzene rings is 2. The predicted octanol–water partition coefficient (Wildman–Crippen LogP) is 4.11. The first kappa shape index (κ1) is 22.0. The molecule has 4 aromatic rings. The summed E-state index contributed by atoms with van der Waals surface area (Å²) in [7, 11) is 0. The van der Waals surface area contributed by atoms with Crippen LogP contribution < -0.4 is 10.6 Å². The Bertz CT molecular complexity index is 1160. The van der Waals surface area contributed by atoms with Gasteiger partial charge in [0.25, 0.3) is 0 Å². The van der Waals surface area contributed by atoms with Gasteiger partial charge in [0, 0.05) is 18.0 Å². The Hall–Kier alpha value is -3.16. The van der Waals surface area contributed by atoms with Gasteiger partial charge in [-0.1, -0.05) is 42.5 Å². The SMILES string of the molecule is CCNC(=NCc1ccc(Cn2cnc3ccccc32)cc1)NCC(C)(O)c1cccs1. The van der Waals surface area contributed by atoms with Gasteiger partial charge in [0.1, 0.15) is 5.60 Å². The molecule has 2 aromatic heterocycles. The molecule has 7 heteroatoms. The van der Waals surface area contributed by atoms with Crippen molar-refractivity contribution >= 4 is 28.3 Å². The molecule has 0 fully saturated rings. The fourth-order valence-corrected chi connectivity index (χ4v) is 4.31. The summed E-state index contributed by atoms with van der Waals surface area (Å²) in [5, 5.41) is 19.2. The summed E-state index contributed by atoms with van der Waals surface area (Å²) in [5.74, 6) is 0.693. The maximum Gasteiger partial charge on any atom is 0.191 e. The molecule has 1 atom stereocenters. The molecule has 32 heavy (non-hydrogen) atoms. The largest absolute Gasteiger partial charge is 0.383 e. The number of nitrogens with one attached hydrogen (secondary N) is 2. The van der Waals surface area contributed by atoms with Crippen LogP contribution in [0.25, 0.3) is 11.0 Å². The molecule has 166 valence electrons. The van der Waals surface area contributed by atoms with E-state index in [4.69, 9.17) is 0 Å². The third-order valence-electron chi connectivity index (χ3n) is 5.32. The number of fused-ring (bicyclic) bond motifs is 1. The van der Waals surface area contributed by atoms with Gasteiger partial charge in [-0.25, -0.2) is 9.98 Å². The highest BCUT2D eigenvalue weighted by Crippen LogP contribution is 2.24. The Morgan fingerprint density at radius 3 is 2.59 bits per heavy atom. The van der Waals surface area contributed by atoms with Crippen LogP contribution in [0.2, 0.25) is 0 Å². The highest BCUT2D eigenvalue weighted by atomic mass is 32.1. The van der Waals surface area contributed by atoms with Crippen LogP contribution in [0.15, 0.2) is 77.4 Å². The Morgan fingerprint density at radius 1 is 1.06 bits per heavy atom. The summed E-state index contributed by atoms with van der Waals surface area (Å²) >= 11 is 1.55. The molecule has 0 amide bonds. The molecule has 6 nitrogen and oxygen atoms in total. The number of aromatic nitrogens is 2. The van der Waals surface area contributed by atoms with Crippen molar-refractivity contribution in [1.82, 2.24) is 20.2 Å². The van der Waals surface area contributed by atoms with Gasteiger partial charge in [-0.2, -0.15) is 0 Å². The van der Waals surface area contributed by atoms with Crippen molar-refractivity contribution in [2.75, 3.05) is 13.1 Å². The van der Waals surface area contributed by atoms with E-state index in [1.807, 2.05) is 55.9 Å². The molecule has 0 aliphatic carbocycles. The first-order valence-corrected chi connectivity index (χ1v) is 11.7. The number of imidazole rings is 1. The van der Waals surface area contributed by atoms with E-state index < -0.39 is 5.60 Å². The first-order chi connectivity index (χ1) is 15.5. The molecule has 0 aliphatic heterocycles. The van der Waals surface area contributed by atoms with Crippen molar-refractivity contribution in [2.45, 2.75) is 32.5 Å². The number of thiophene rings is 1. The number of nitrogens with zero attached hydrogens (tertiary/aromatic N) is 3. The van der Waals surface area contributed by atoms with E-state index in [0.717, 1.165) is 34.6 Å². The van der Waals surface area contributed by atoms with Crippen LogP contribution in [0.1, 0.15) is 29.9 Å². The van der Waals surface area contributed by atoms with Crippen LogP contribution in [-0.2, 0) is 18.7 Å². The van der Waals surface area contributed by atoms with E-state index in [2.05, 4.69) is 55.5 Å². The maximum atomic E-state index is 10.7. The average Bonchev–Trinajstić information content (AvgIpc) is 3.48. The van der Waals surface area contributed by atoms with E-state index in [-0.39, 0.29) is 0 Å². The van der Waals surface area contributed by atoms with E-state index in [1.54, 1.807) is 11.3 Å². The van der Waals surface area contributed by atoms with E-state index in [0.29, 0.717) is 19.0 Å². The van der Waals surface area contributed by atoms with Crippen molar-refractivity contribution in [2.24, 2.45) is 4.99 Å². The second-order valence-corrected chi connectivity index (χ2v) is 8.93. The number of aliphatic hydroxyl groups is 1. The summed E-state index contributed by atoms with van der Waals surface area (Å²) in [6.07, 6.45) is 1.89. The van der Waals surface area contributed by atoms with Gasteiger partial charge in [-0.15, -0.1) is 11.3 Å². The highest BCUT2D eigenvalue weighted by Gasteiger charge is 2.24. The number of rotatable bonds is 8. The smallest absolute Gasteiger partial charge is 0.191 e. The van der Waals surface area contributed by atoms with E-state index >= 15 is 0 Å². The number of hydrogen-bond donors (Lipinski definition) is 3. The van der Waals surface area contributed by atoms with Gasteiger partial charge in [0.15, 0.2) is 5.96 Å². The Labute approximate surface area is 192 Å². The van der Waals surface area contributed by atoms with E-state index in [9.17, 15) is 5.11 Å². The molecular formula is C25H29N5OS. The first-order valence-electron chi connectivity index (χ1n) is 10.8. The van der Waals surface area contributed by atoms with Crippen LogP contribution >= 0.6 is 11.3 Å². The second kappa shape index (κ2) is 9.97. The van der Waals surface area contributed by atoms with Crippen molar-refractivity contribution in [3.63, 3.8) is 0 Å². The zero-order valence-corrected chi connectivity index (χ0v) is 19.3. The third kappa shape index (κ3) is 5.36. The van der Waals surface area contributed by atoms with E-state index in [1.165, 1.54) is 5.56 Å². The summed E-state index contributed by atoms with van der Waals surface area (Å²) < 4.78 is 2.16. The molecule has 0 radical (unpaired) electrons. The summed E-state index contributed by atoms with van der Waals surface area (Å²) in [6, 6.07) is 20.6. The third-order valence-corrected chi connectivity index (χ3v) is 6.44. The molecule has 0 aliphatic rings. The average molecular weight is 448 g/mol. The highest BCUT2D eigenvalue weighted by molar-refractivity contribution is 7.10. The molecule has 3 N–H and O–H groups in total. The summed E-state index contributed by atoms with van der Waals surface area (Å²) in [5.41, 5.74) is 3.56. The molecule has 2 heterocycles. The number of aliphatic imine (C=N–C) groups is 1. The Morgan fingerprint density at radius 2 is 1.84 bits per heavy atom. The molecule has 1 unspecified atom stereocenters. The molecule has 2 aromatic carbocycles. The molecule has 0 saturated heterocycles. The number of hydrogen-bond acceptors (Lipinski definition) is 4. The Balaban J connectivity index is 1.37. The van der Waals surface area contributed by atoms with Crippen LogP contribution in [0.4, 0.5) is 0 Å². The normalized spacial score (nSPS) is 13.8. The zero-order chi connectivity index (χ0) is 22.4. The second-order valence-electron chi connectivity index (χ2n) is 7.98. The minimum Gasteiger partial charge on any atom is -0.383 e. The molecule has 0 bridgehead atoms. The van der Waals surface area contributed by atoms with Crippen molar-refractivity contribution < 1.29 is 5.11 Å². The standard InChI is InChI=1S/C25H29N5OS/c1-3-26-24(28-17-25(2,31)23-9-6-14-32-23)27-15-19-10-12-20(13-11-19)16-30-18-29-21-7-4-5-8-22(21)30/h4-14,18,31H,3,15-17H2,1-2H3,(H2,26,27,28).